The van der Waals surface area contributed by atoms with E-state index < -0.39 is 0 Å². The van der Waals surface area contributed by atoms with E-state index in [2.05, 4.69) is 15.6 Å². The number of benzene rings is 1. The lowest BCUT2D eigenvalue weighted by atomic mass is 9.96. The quantitative estimate of drug-likeness (QED) is 0.885. The van der Waals surface area contributed by atoms with Crippen LogP contribution >= 0.6 is 11.3 Å². The molecule has 132 valence electrons. The largest absolute Gasteiger partial charge is 0.335 e. The summed E-state index contributed by atoms with van der Waals surface area (Å²) in [5, 5.41) is 7.04. The number of carbonyl (C=O) groups is 2. The summed E-state index contributed by atoms with van der Waals surface area (Å²) in [5.74, 6) is -0.00797. The summed E-state index contributed by atoms with van der Waals surface area (Å²) in [7, 11) is 0. The lowest BCUT2D eigenvalue weighted by Crippen LogP contribution is -2.46. The second kappa shape index (κ2) is 6.63. The third-order valence-corrected chi connectivity index (χ3v) is 5.77. The van der Waals surface area contributed by atoms with Gasteiger partial charge in [0, 0.05) is 30.7 Å². The van der Waals surface area contributed by atoms with Crippen molar-refractivity contribution in [1.29, 1.82) is 0 Å². The molecule has 0 spiro atoms. The first-order valence-electron chi connectivity index (χ1n) is 8.82. The average molecular weight is 358 g/mol. The highest BCUT2D eigenvalue weighted by Gasteiger charge is 2.30. The Bertz CT molecular complexity index is 807. The van der Waals surface area contributed by atoms with E-state index in [1.165, 1.54) is 0 Å². The van der Waals surface area contributed by atoms with Gasteiger partial charge in [-0.2, -0.15) is 0 Å². The number of aromatic nitrogens is 1. The van der Waals surface area contributed by atoms with Gasteiger partial charge in [0.2, 0.25) is 5.91 Å². The van der Waals surface area contributed by atoms with E-state index in [0.29, 0.717) is 32.0 Å². The zero-order valence-corrected chi connectivity index (χ0v) is 15.1. The molecule has 2 aliphatic rings. The predicted molar refractivity (Wildman–Crippen MR) is 98.8 cm³/mol. The van der Waals surface area contributed by atoms with E-state index in [9.17, 15) is 9.59 Å². The number of amides is 3. The molecular formula is C18H22N4O2S. The standard InChI is InChI=1S/C18H22N4O2S/c1-11-19-15-10-14(4-5-16(15)25-11)20-17(23)12-6-8-22(9-7-12)18(24)21-13-2-3-13/h4-5,10,12-13H,2-3,6-9H2,1H3,(H,20,23)(H,21,24). The van der Waals surface area contributed by atoms with Gasteiger partial charge < -0.3 is 15.5 Å². The van der Waals surface area contributed by atoms with Gasteiger partial charge in [-0.1, -0.05) is 0 Å². The van der Waals surface area contributed by atoms with Crippen LogP contribution in [0.25, 0.3) is 10.2 Å². The molecule has 7 heteroatoms. The number of thiazole rings is 1. The molecule has 0 bridgehead atoms. The van der Waals surface area contributed by atoms with Crippen molar-refractivity contribution in [2.75, 3.05) is 18.4 Å². The van der Waals surface area contributed by atoms with Gasteiger partial charge in [0.15, 0.2) is 0 Å². The SMILES string of the molecule is Cc1nc2cc(NC(=O)C3CCN(C(=O)NC4CC4)CC3)ccc2s1. The van der Waals surface area contributed by atoms with Gasteiger partial charge in [0.25, 0.3) is 0 Å². The molecule has 0 radical (unpaired) electrons. The maximum absolute atomic E-state index is 12.5. The Labute approximate surface area is 150 Å². The van der Waals surface area contributed by atoms with Crippen LogP contribution in [0.1, 0.15) is 30.7 Å². The average Bonchev–Trinajstić information content (AvgIpc) is 3.33. The molecule has 1 aromatic carbocycles. The van der Waals surface area contributed by atoms with Crippen LogP contribution in [0.2, 0.25) is 0 Å². The van der Waals surface area contributed by atoms with Crippen LogP contribution in [-0.4, -0.2) is 41.0 Å². The number of rotatable bonds is 3. The minimum atomic E-state index is -0.0437. The normalized spacial score (nSPS) is 18.4. The minimum Gasteiger partial charge on any atom is -0.335 e. The summed E-state index contributed by atoms with van der Waals surface area (Å²) < 4.78 is 1.13. The van der Waals surface area contributed by atoms with E-state index in [0.717, 1.165) is 33.8 Å². The molecule has 2 heterocycles. The van der Waals surface area contributed by atoms with Crippen LogP contribution in [0.15, 0.2) is 18.2 Å². The van der Waals surface area contributed by atoms with Crippen LogP contribution in [-0.2, 0) is 4.79 Å². The number of aryl methyl sites for hydroxylation is 1. The molecule has 1 aliphatic heterocycles. The smallest absolute Gasteiger partial charge is 0.317 e. The third-order valence-electron chi connectivity index (χ3n) is 4.82. The first-order chi connectivity index (χ1) is 12.1. The third kappa shape index (κ3) is 3.76. The van der Waals surface area contributed by atoms with Gasteiger partial charge in [-0.25, -0.2) is 9.78 Å². The van der Waals surface area contributed by atoms with Crippen LogP contribution in [0.5, 0.6) is 0 Å². The van der Waals surface area contributed by atoms with Crippen molar-refractivity contribution < 1.29 is 9.59 Å². The summed E-state index contributed by atoms with van der Waals surface area (Å²) in [4.78, 5) is 30.9. The van der Waals surface area contributed by atoms with Gasteiger partial charge in [-0.15, -0.1) is 11.3 Å². The fourth-order valence-corrected chi connectivity index (χ4v) is 4.01. The highest BCUT2D eigenvalue weighted by molar-refractivity contribution is 7.18. The molecule has 0 unspecified atom stereocenters. The Kier molecular flexibility index (Phi) is 4.33. The highest BCUT2D eigenvalue weighted by Crippen LogP contribution is 2.26. The molecule has 1 saturated carbocycles. The molecule has 1 saturated heterocycles. The van der Waals surface area contributed by atoms with E-state index in [1.807, 2.05) is 30.0 Å². The second-order valence-corrected chi connectivity index (χ2v) is 8.12. The van der Waals surface area contributed by atoms with Crippen LogP contribution in [0.4, 0.5) is 10.5 Å². The van der Waals surface area contributed by atoms with Gasteiger partial charge in [-0.05, 0) is 50.8 Å². The fraction of sp³-hybridized carbons (Fsp3) is 0.500. The topological polar surface area (TPSA) is 74.3 Å². The molecule has 1 aliphatic carbocycles. The molecule has 25 heavy (non-hydrogen) atoms. The van der Waals surface area contributed by atoms with E-state index >= 15 is 0 Å². The maximum atomic E-state index is 12.5. The predicted octanol–water partition coefficient (Wildman–Crippen LogP) is 3.13. The fourth-order valence-electron chi connectivity index (χ4n) is 3.20. The summed E-state index contributed by atoms with van der Waals surface area (Å²) in [6, 6.07) is 6.24. The first kappa shape index (κ1) is 16.3. The minimum absolute atomic E-state index is 0.0192. The Morgan fingerprint density at radius 2 is 1.96 bits per heavy atom. The van der Waals surface area contributed by atoms with Gasteiger partial charge in [0.1, 0.15) is 0 Å². The number of hydrogen-bond donors (Lipinski definition) is 2. The highest BCUT2D eigenvalue weighted by atomic mass is 32.1. The van der Waals surface area contributed by atoms with Crippen molar-refractivity contribution in [1.82, 2.24) is 15.2 Å². The Morgan fingerprint density at radius 1 is 1.20 bits per heavy atom. The zero-order valence-electron chi connectivity index (χ0n) is 14.2. The first-order valence-corrected chi connectivity index (χ1v) is 9.63. The van der Waals surface area contributed by atoms with Crippen molar-refractivity contribution >= 4 is 39.2 Å². The summed E-state index contributed by atoms with van der Waals surface area (Å²) in [6.45, 7) is 3.26. The lowest BCUT2D eigenvalue weighted by Gasteiger charge is -2.31. The van der Waals surface area contributed by atoms with E-state index in [4.69, 9.17) is 0 Å². The summed E-state index contributed by atoms with van der Waals surface area (Å²) in [6.07, 6.45) is 3.60. The summed E-state index contributed by atoms with van der Waals surface area (Å²) in [5.41, 5.74) is 1.71. The van der Waals surface area contributed by atoms with Gasteiger partial charge >= 0.3 is 6.03 Å². The number of urea groups is 1. The van der Waals surface area contributed by atoms with Crippen molar-refractivity contribution in [3.05, 3.63) is 23.2 Å². The molecule has 3 amide bonds. The molecule has 2 aromatic rings. The maximum Gasteiger partial charge on any atom is 0.317 e. The van der Waals surface area contributed by atoms with Crippen LogP contribution < -0.4 is 10.6 Å². The van der Waals surface area contributed by atoms with Crippen molar-refractivity contribution in [2.45, 2.75) is 38.6 Å². The molecule has 4 rings (SSSR count). The number of hydrogen-bond acceptors (Lipinski definition) is 4. The van der Waals surface area contributed by atoms with Crippen LogP contribution in [0.3, 0.4) is 0 Å². The Hall–Kier alpha value is -2.15. The monoisotopic (exact) mass is 358 g/mol. The molecule has 0 atom stereocenters. The molecular weight excluding hydrogens is 336 g/mol. The lowest BCUT2D eigenvalue weighted by molar-refractivity contribution is -0.121. The van der Waals surface area contributed by atoms with Crippen molar-refractivity contribution in [3.63, 3.8) is 0 Å². The van der Waals surface area contributed by atoms with Gasteiger partial charge in [-0.3, -0.25) is 4.79 Å². The second-order valence-electron chi connectivity index (χ2n) is 6.89. The number of nitrogens with zero attached hydrogens (tertiary/aromatic N) is 2. The molecule has 1 aromatic heterocycles. The van der Waals surface area contributed by atoms with Gasteiger partial charge in [0.05, 0.1) is 15.2 Å². The van der Waals surface area contributed by atoms with E-state index in [1.54, 1.807) is 11.3 Å². The Balaban J connectivity index is 1.32. The number of piperidine rings is 1. The zero-order chi connectivity index (χ0) is 17.4. The van der Waals surface area contributed by atoms with Crippen molar-refractivity contribution in [2.24, 2.45) is 5.92 Å². The number of carbonyl (C=O) groups excluding carboxylic acids is 2. The summed E-state index contributed by atoms with van der Waals surface area (Å²) >= 11 is 1.65. The number of anilines is 1. The van der Waals surface area contributed by atoms with E-state index in [-0.39, 0.29) is 17.9 Å². The number of likely N-dealkylation sites (tertiary alicyclic amines) is 1. The Morgan fingerprint density at radius 3 is 2.68 bits per heavy atom. The van der Waals surface area contributed by atoms with Crippen LogP contribution in [0, 0.1) is 12.8 Å². The number of nitrogens with one attached hydrogen (secondary N) is 2. The molecule has 6 nitrogen and oxygen atoms in total. The molecule has 2 fully saturated rings. The van der Waals surface area contributed by atoms with Crippen molar-refractivity contribution in [3.8, 4) is 0 Å². The number of fused-ring (bicyclic) bond motifs is 1. The molecule has 2 N–H and O–H groups in total.